The van der Waals surface area contributed by atoms with E-state index in [0.29, 0.717) is 23.2 Å². The second-order valence-electron chi connectivity index (χ2n) is 4.19. The van der Waals surface area contributed by atoms with Gasteiger partial charge >= 0.3 is 0 Å². The van der Waals surface area contributed by atoms with Gasteiger partial charge in [0.25, 0.3) is 0 Å². The maximum absolute atomic E-state index is 6.14. The topological polar surface area (TPSA) is 44.5 Å². The molecule has 2 N–H and O–H groups in total. The van der Waals surface area contributed by atoms with Crippen LogP contribution >= 0.6 is 11.6 Å². The first-order chi connectivity index (χ1) is 7.65. The Morgan fingerprint density at radius 2 is 2.06 bits per heavy atom. The highest BCUT2D eigenvalue weighted by molar-refractivity contribution is 6.32. The van der Waals surface area contributed by atoms with Gasteiger partial charge in [0.2, 0.25) is 6.79 Å². The van der Waals surface area contributed by atoms with Gasteiger partial charge in [-0.15, -0.1) is 0 Å². The minimum Gasteiger partial charge on any atom is -0.453 e. The minimum absolute atomic E-state index is 0.251. The molecule has 16 heavy (non-hydrogen) atoms. The summed E-state index contributed by atoms with van der Waals surface area (Å²) >= 11 is 6.14. The first-order valence-electron chi connectivity index (χ1n) is 5.46. The van der Waals surface area contributed by atoms with E-state index < -0.39 is 0 Å². The number of hydrogen-bond donors (Lipinski definition) is 1. The van der Waals surface area contributed by atoms with Crippen molar-refractivity contribution in [3.63, 3.8) is 0 Å². The molecule has 1 aromatic rings. The van der Waals surface area contributed by atoms with E-state index in [1.54, 1.807) is 0 Å². The van der Waals surface area contributed by atoms with E-state index in [1.165, 1.54) is 5.56 Å². The Balaban J connectivity index is 2.57. The highest BCUT2D eigenvalue weighted by Crippen LogP contribution is 2.46. The summed E-state index contributed by atoms with van der Waals surface area (Å²) in [6.07, 6.45) is 0.809. The molecule has 0 fully saturated rings. The van der Waals surface area contributed by atoms with Crippen LogP contribution in [0.2, 0.25) is 5.02 Å². The summed E-state index contributed by atoms with van der Waals surface area (Å²) in [5, 5.41) is 0.611. The van der Waals surface area contributed by atoms with Crippen molar-refractivity contribution in [3.8, 4) is 11.5 Å². The van der Waals surface area contributed by atoms with Crippen LogP contribution in [0.15, 0.2) is 6.07 Å². The molecule has 0 aliphatic carbocycles. The van der Waals surface area contributed by atoms with Crippen molar-refractivity contribution in [1.82, 2.24) is 0 Å². The van der Waals surface area contributed by atoms with E-state index in [0.717, 1.165) is 17.7 Å². The van der Waals surface area contributed by atoms with E-state index in [1.807, 2.05) is 6.07 Å². The van der Waals surface area contributed by atoms with E-state index in [9.17, 15) is 0 Å². The molecule has 0 unspecified atom stereocenters. The molecule has 0 saturated carbocycles. The summed E-state index contributed by atoms with van der Waals surface area (Å²) in [5.74, 6) is 1.84. The first-order valence-corrected chi connectivity index (χ1v) is 5.84. The van der Waals surface area contributed by atoms with Gasteiger partial charge in [0.05, 0.1) is 5.02 Å². The normalized spacial score (nSPS) is 13.6. The van der Waals surface area contributed by atoms with E-state index in [4.69, 9.17) is 26.8 Å². The molecule has 0 aromatic heterocycles. The molecule has 0 saturated heterocycles. The summed E-state index contributed by atoms with van der Waals surface area (Å²) in [4.78, 5) is 0. The zero-order valence-electron chi connectivity index (χ0n) is 9.55. The van der Waals surface area contributed by atoms with Crippen LogP contribution in [0.4, 0.5) is 0 Å². The number of nitrogens with two attached hydrogens (primary N) is 1. The molecule has 2 rings (SSSR count). The number of fused-ring (bicyclic) bond motifs is 1. The maximum atomic E-state index is 6.14. The van der Waals surface area contributed by atoms with Crippen molar-refractivity contribution in [3.05, 3.63) is 22.2 Å². The Kier molecular flexibility index (Phi) is 3.26. The standard InChI is InChI=1S/C12H16ClNO2/c1-7(2)10-8(3-4-14)5-9(13)11-12(10)16-6-15-11/h5,7H,3-4,6,14H2,1-2H3. The van der Waals surface area contributed by atoms with Gasteiger partial charge in [-0.3, -0.25) is 0 Å². The molecule has 0 bridgehead atoms. The SMILES string of the molecule is CC(C)c1c(CCN)cc(Cl)c2c1OCO2. The summed E-state index contributed by atoms with van der Waals surface area (Å²) in [5.41, 5.74) is 7.94. The zero-order chi connectivity index (χ0) is 11.7. The molecule has 0 spiro atoms. The van der Waals surface area contributed by atoms with Crippen LogP contribution in [-0.2, 0) is 6.42 Å². The smallest absolute Gasteiger partial charge is 0.231 e. The largest absolute Gasteiger partial charge is 0.453 e. The van der Waals surface area contributed by atoms with Crippen molar-refractivity contribution >= 4 is 11.6 Å². The maximum Gasteiger partial charge on any atom is 0.231 e. The van der Waals surface area contributed by atoms with E-state index in [-0.39, 0.29) is 6.79 Å². The Bertz CT molecular complexity index is 404. The fraction of sp³-hybridized carbons (Fsp3) is 0.500. The van der Waals surface area contributed by atoms with Gasteiger partial charge in [-0.05, 0) is 30.5 Å². The second-order valence-corrected chi connectivity index (χ2v) is 4.60. The van der Waals surface area contributed by atoms with Gasteiger partial charge in [-0.1, -0.05) is 25.4 Å². The molecule has 1 aliphatic heterocycles. The van der Waals surface area contributed by atoms with Crippen LogP contribution in [-0.4, -0.2) is 13.3 Å². The zero-order valence-corrected chi connectivity index (χ0v) is 10.3. The Hall–Kier alpha value is -0.930. The monoisotopic (exact) mass is 241 g/mol. The third kappa shape index (κ3) is 1.85. The molecule has 1 heterocycles. The van der Waals surface area contributed by atoms with Crippen LogP contribution in [0.25, 0.3) is 0 Å². The van der Waals surface area contributed by atoms with Crippen molar-refractivity contribution in [2.45, 2.75) is 26.2 Å². The second kappa shape index (κ2) is 4.52. The molecule has 0 radical (unpaired) electrons. The lowest BCUT2D eigenvalue weighted by molar-refractivity contribution is 0.173. The minimum atomic E-state index is 0.251. The van der Waals surface area contributed by atoms with Crippen LogP contribution in [0, 0.1) is 0 Å². The van der Waals surface area contributed by atoms with Gasteiger partial charge in [0.15, 0.2) is 11.5 Å². The van der Waals surface area contributed by atoms with Crippen LogP contribution in [0.1, 0.15) is 30.9 Å². The lowest BCUT2D eigenvalue weighted by atomic mass is 9.94. The molecular weight excluding hydrogens is 226 g/mol. The molecule has 1 aromatic carbocycles. The molecular formula is C12H16ClNO2. The van der Waals surface area contributed by atoms with Gasteiger partial charge in [0.1, 0.15) is 0 Å². The van der Waals surface area contributed by atoms with Gasteiger partial charge in [0, 0.05) is 5.56 Å². The van der Waals surface area contributed by atoms with E-state index in [2.05, 4.69) is 13.8 Å². The number of hydrogen-bond acceptors (Lipinski definition) is 3. The Morgan fingerprint density at radius 1 is 1.38 bits per heavy atom. The highest BCUT2D eigenvalue weighted by Gasteiger charge is 2.25. The van der Waals surface area contributed by atoms with Gasteiger partial charge in [-0.25, -0.2) is 0 Å². The quantitative estimate of drug-likeness (QED) is 0.885. The van der Waals surface area contributed by atoms with Crippen LogP contribution in [0.3, 0.4) is 0 Å². The number of benzene rings is 1. The summed E-state index contributed by atoms with van der Waals surface area (Å²) in [6.45, 7) is 5.12. The van der Waals surface area contributed by atoms with Crippen molar-refractivity contribution < 1.29 is 9.47 Å². The number of rotatable bonds is 3. The van der Waals surface area contributed by atoms with Gasteiger partial charge < -0.3 is 15.2 Å². The van der Waals surface area contributed by atoms with Crippen molar-refractivity contribution in [1.29, 1.82) is 0 Å². The summed E-state index contributed by atoms with van der Waals surface area (Å²) in [7, 11) is 0. The fourth-order valence-electron chi connectivity index (χ4n) is 2.09. The third-order valence-corrected chi connectivity index (χ3v) is 2.99. The molecule has 0 atom stereocenters. The van der Waals surface area contributed by atoms with Crippen molar-refractivity contribution in [2.24, 2.45) is 5.73 Å². The number of halogens is 1. The average molecular weight is 242 g/mol. The predicted octanol–water partition coefficient (Wildman–Crippen LogP) is 2.69. The average Bonchev–Trinajstić information content (AvgIpc) is 2.66. The summed E-state index contributed by atoms with van der Waals surface area (Å²) < 4.78 is 10.9. The number of ether oxygens (including phenoxy) is 2. The summed E-state index contributed by atoms with van der Waals surface area (Å²) in [6, 6.07) is 1.94. The molecule has 3 nitrogen and oxygen atoms in total. The molecule has 4 heteroatoms. The highest BCUT2D eigenvalue weighted by atomic mass is 35.5. The lowest BCUT2D eigenvalue weighted by Crippen LogP contribution is -2.07. The Labute approximate surface area is 100 Å². The first kappa shape index (κ1) is 11.6. The predicted molar refractivity (Wildman–Crippen MR) is 64.4 cm³/mol. The Morgan fingerprint density at radius 3 is 2.69 bits per heavy atom. The fourth-order valence-corrected chi connectivity index (χ4v) is 2.37. The van der Waals surface area contributed by atoms with Crippen LogP contribution in [0.5, 0.6) is 11.5 Å². The molecule has 1 aliphatic rings. The van der Waals surface area contributed by atoms with E-state index >= 15 is 0 Å². The van der Waals surface area contributed by atoms with Crippen LogP contribution < -0.4 is 15.2 Å². The molecule has 0 amide bonds. The van der Waals surface area contributed by atoms with Gasteiger partial charge in [-0.2, -0.15) is 0 Å². The van der Waals surface area contributed by atoms with Crippen molar-refractivity contribution in [2.75, 3.05) is 13.3 Å². The molecule has 88 valence electrons. The lowest BCUT2D eigenvalue weighted by Gasteiger charge is -2.15. The third-order valence-electron chi connectivity index (χ3n) is 2.71.